The number of nitrogens with zero attached hydrogens (tertiary/aromatic N) is 1. The molecule has 0 radical (unpaired) electrons. The van der Waals surface area contributed by atoms with Crippen LogP contribution in [-0.4, -0.2) is 5.91 Å². The molecule has 0 bridgehead atoms. The molecule has 23 heavy (non-hydrogen) atoms. The molecule has 0 aliphatic heterocycles. The molecule has 0 saturated carbocycles. The van der Waals surface area contributed by atoms with Gasteiger partial charge in [-0.05, 0) is 43.7 Å². The van der Waals surface area contributed by atoms with Crippen LogP contribution in [0.25, 0.3) is 0 Å². The summed E-state index contributed by atoms with van der Waals surface area (Å²) in [5.41, 5.74) is 0.300. The zero-order chi connectivity index (χ0) is 16.9. The van der Waals surface area contributed by atoms with Crippen molar-refractivity contribution in [3.63, 3.8) is 0 Å². The second kappa shape index (κ2) is 6.93. The molecule has 0 aromatic heterocycles. The third-order valence-electron chi connectivity index (χ3n) is 3.23. The Morgan fingerprint density at radius 3 is 2.70 bits per heavy atom. The summed E-state index contributed by atoms with van der Waals surface area (Å²) >= 11 is 0. The van der Waals surface area contributed by atoms with Gasteiger partial charge in [0.2, 0.25) is 5.91 Å². The first-order valence-electron chi connectivity index (χ1n) is 7.11. The monoisotopic (exact) mass is 312 g/mol. The number of hydrogen-bond donors (Lipinski definition) is 1. The first kappa shape index (κ1) is 16.5. The predicted octanol–water partition coefficient (Wildman–Crippen LogP) is 3.89. The lowest BCUT2D eigenvalue weighted by atomic mass is 9.94. The minimum Gasteiger partial charge on any atom is -0.489 e. The summed E-state index contributed by atoms with van der Waals surface area (Å²) in [6.07, 6.45) is 0. The SMILES string of the molecule is CC(C)(C#N)C(=O)Nc1cccc(COc2cccc(F)c2)c1. The summed E-state index contributed by atoms with van der Waals surface area (Å²) in [6.45, 7) is 3.35. The van der Waals surface area contributed by atoms with Crippen molar-refractivity contribution in [3.8, 4) is 11.8 Å². The van der Waals surface area contributed by atoms with Crippen molar-refractivity contribution in [2.75, 3.05) is 5.32 Å². The van der Waals surface area contributed by atoms with Gasteiger partial charge in [0.25, 0.3) is 0 Å². The maximum Gasteiger partial charge on any atom is 0.244 e. The van der Waals surface area contributed by atoms with Crippen molar-refractivity contribution in [1.29, 1.82) is 5.26 Å². The zero-order valence-electron chi connectivity index (χ0n) is 13.0. The van der Waals surface area contributed by atoms with Crippen molar-refractivity contribution in [1.82, 2.24) is 0 Å². The van der Waals surface area contributed by atoms with Gasteiger partial charge in [-0.1, -0.05) is 18.2 Å². The van der Waals surface area contributed by atoms with E-state index >= 15 is 0 Å². The Morgan fingerprint density at radius 1 is 1.26 bits per heavy atom. The van der Waals surface area contributed by atoms with Crippen LogP contribution in [-0.2, 0) is 11.4 Å². The highest BCUT2D eigenvalue weighted by Crippen LogP contribution is 2.19. The molecule has 5 heteroatoms. The molecule has 0 unspecified atom stereocenters. The van der Waals surface area contributed by atoms with Crippen LogP contribution in [0.2, 0.25) is 0 Å². The van der Waals surface area contributed by atoms with Crippen LogP contribution in [0.4, 0.5) is 10.1 Å². The van der Waals surface area contributed by atoms with Gasteiger partial charge in [-0.3, -0.25) is 4.79 Å². The van der Waals surface area contributed by atoms with Crippen LogP contribution >= 0.6 is 0 Å². The lowest BCUT2D eigenvalue weighted by Crippen LogP contribution is -2.29. The summed E-state index contributed by atoms with van der Waals surface area (Å²) in [5.74, 6) is -0.296. The van der Waals surface area contributed by atoms with Crippen molar-refractivity contribution < 1.29 is 13.9 Å². The summed E-state index contributed by atoms with van der Waals surface area (Å²) in [4.78, 5) is 12.0. The first-order valence-corrected chi connectivity index (χ1v) is 7.11. The second-order valence-electron chi connectivity index (χ2n) is 5.64. The molecular formula is C18H17FN2O2. The Labute approximate surface area is 134 Å². The molecule has 0 atom stereocenters. The normalized spacial score (nSPS) is 10.7. The molecule has 0 fully saturated rings. The number of ether oxygens (including phenoxy) is 1. The van der Waals surface area contributed by atoms with Crippen molar-refractivity contribution >= 4 is 11.6 Å². The van der Waals surface area contributed by atoms with E-state index in [1.54, 1.807) is 44.2 Å². The maximum atomic E-state index is 13.1. The van der Waals surface area contributed by atoms with Crippen molar-refractivity contribution in [2.45, 2.75) is 20.5 Å². The Morgan fingerprint density at radius 2 is 2.00 bits per heavy atom. The lowest BCUT2D eigenvalue weighted by Gasteiger charge is -2.15. The minimum atomic E-state index is -1.10. The van der Waals surface area contributed by atoms with Gasteiger partial charge < -0.3 is 10.1 Å². The topological polar surface area (TPSA) is 62.1 Å². The quantitative estimate of drug-likeness (QED) is 0.911. The molecule has 0 aliphatic carbocycles. The van der Waals surface area contributed by atoms with E-state index in [1.807, 2.05) is 12.1 Å². The van der Waals surface area contributed by atoms with Crippen LogP contribution in [0.1, 0.15) is 19.4 Å². The Balaban J connectivity index is 2.03. The number of nitrogens with one attached hydrogen (secondary N) is 1. The molecule has 2 rings (SSSR count). The minimum absolute atomic E-state index is 0.245. The Hall–Kier alpha value is -2.87. The van der Waals surface area contributed by atoms with E-state index in [1.165, 1.54) is 12.1 Å². The molecular weight excluding hydrogens is 295 g/mol. The van der Waals surface area contributed by atoms with Gasteiger partial charge in [0.05, 0.1) is 6.07 Å². The van der Waals surface area contributed by atoms with E-state index in [0.29, 0.717) is 11.4 Å². The van der Waals surface area contributed by atoms with Gasteiger partial charge in [-0.15, -0.1) is 0 Å². The standard InChI is InChI=1S/C18H17FN2O2/c1-18(2,12-20)17(22)21-15-7-3-5-13(9-15)11-23-16-8-4-6-14(19)10-16/h3-10H,11H2,1-2H3,(H,21,22). The van der Waals surface area contributed by atoms with Crippen LogP contribution in [0.5, 0.6) is 5.75 Å². The van der Waals surface area contributed by atoms with Crippen LogP contribution in [0, 0.1) is 22.6 Å². The van der Waals surface area contributed by atoms with E-state index in [9.17, 15) is 9.18 Å². The number of anilines is 1. The summed E-state index contributed by atoms with van der Waals surface area (Å²) < 4.78 is 18.6. The lowest BCUT2D eigenvalue weighted by molar-refractivity contribution is -0.121. The Bertz CT molecular complexity index is 751. The number of benzene rings is 2. The zero-order valence-corrected chi connectivity index (χ0v) is 13.0. The number of amides is 1. The molecule has 2 aromatic rings. The van der Waals surface area contributed by atoms with Gasteiger partial charge in [0, 0.05) is 11.8 Å². The van der Waals surface area contributed by atoms with Gasteiger partial charge in [-0.2, -0.15) is 5.26 Å². The average Bonchev–Trinajstić information content (AvgIpc) is 2.53. The number of halogens is 1. The van der Waals surface area contributed by atoms with E-state index in [4.69, 9.17) is 10.00 Å². The summed E-state index contributed by atoms with van der Waals surface area (Å²) in [7, 11) is 0. The van der Waals surface area contributed by atoms with Gasteiger partial charge >= 0.3 is 0 Å². The third kappa shape index (κ3) is 4.55. The number of nitriles is 1. The number of hydrogen-bond acceptors (Lipinski definition) is 3. The molecule has 4 nitrogen and oxygen atoms in total. The second-order valence-corrected chi connectivity index (χ2v) is 5.64. The van der Waals surface area contributed by atoms with Crippen molar-refractivity contribution in [3.05, 3.63) is 59.9 Å². The molecule has 0 saturated heterocycles. The van der Waals surface area contributed by atoms with E-state index in [2.05, 4.69) is 5.32 Å². The van der Waals surface area contributed by atoms with Gasteiger partial charge in [0.1, 0.15) is 23.6 Å². The highest BCUT2D eigenvalue weighted by Gasteiger charge is 2.27. The molecule has 1 N–H and O–H groups in total. The maximum absolute atomic E-state index is 13.1. The molecule has 0 aliphatic rings. The number of carbonyl (C=O) groups is 1. The fourth-order valence-electron chi connectivity index (χ4n) is 1.80. The van der Waals surface area contributed by atoms with Gasteiger partial charge in [-0.25, -0.2) is 4.39 Å². The van der Waals surface area contributed by atoms with Crippen LogP contribution in [0.15, 0.2) is 48.5 Å². The largest absolute Gasteiger partial charge is 0.489 e. The van der Waals surface area contributed by atoms with E-state index < -0.39 is 5.41 Å². The molecule has 2 aromatic carbocycles. The number of carbonyl (C=O) groups excluding carboxylic acids is 1. The third-order valence-corrected chi connectivity index (χ3v) is 3.23. The van der Waals surface area contributed by atoms with Crippen LogP contribution < -0.4 is 10.1 Å². The number of rotatable bonds is 5. The summed E-state index contributed by atoms with van der Waals surface area (Å²) in [6, 6.07) is 15.0. The molecule has 0 spiro atoms. The highest BCUT2D eigenvalue weighted by atomic mass is 19.1. The molecule has 1 amide bonds. The smallest absolute Gasteiger partial charge is 0.244 e. The molecule has 0 heterocycles. The predicted molar refractivity (Wildman–Crippen MR) is 85.2 cm³/mol. The molecule has 118 valence electrons. The Kier molecular flexibility index (Phi) is 4.97. The fourth-order valence-corrected chi connectivity index (χ4v) is 1.80. The fraction of sp³-hybridized carbons (Fsp3) is 0.222. The van der Waals surface area contributed by atoms with Gasteiger partial charge in [0.15, 0.2) is 0 Å². The highest BCUT2D eigenvalue weighted by molar-refractivity contribution is 5.96. The summed E-state index contributed by atoms with van der Waals surface area (Å²) in [5, 5.41) is 11.7. The van der Waals surface area contributed by atoms with Crippen molar-refractivity contribution in [2.24, 2.45) is 5.41 Å². The van der Waals surface area contributed by atoms with Crippen LogP contribution in [0.3, 0.4) is 0 Å². The average molecular weight is 312 g/mol. The van der Waals surface area contributed by atoms with E-state index in [-0.39, 0.29) is 18.3 Å². The van der Waals surface area contributed by atoms with E-state index in [0.717, 1.165) is 5.56 Å². The first-order chi connectivity index (χ1) is 10.9.